The van der Waals surface area contributed by atoms with Gasteiger partial charge in [0.2, 0.25) is 11.9 Å². The van der Waals surface area contributed by atoms with E-state index in [-0.39, 0.29) is 18.0 Å². The van der Waals surface area contributed by atoms with Gasteiger partial charge >= 0.3 is 0 Å². The third kappa shape index (κ3) is 3.44. The van der Waals surface area contributed by atoms with E-state index in [1.165, 1.54) is 5.56 Å². The highest BCUT2D eigenvalue weighted by atomic mass is 16.5. The molecule has 1 N–H and O–H groups in total. The number of anilines is 1. The van der Waals surface area contributed by atoms with Gasteiger partial charge in [-0.3, -0.25) is 9.69 Å². The van der Waals surface area contributed by atoms with E-state index >= 15 is 0 Å². The number of rotatable bonds is 3. The molecular formula is C25H24N8O2. The second kappa shape index (κ2) is 8.10. The van der Waals surface area contributed by atoms with Crippen molar-refractivity contribution in [2.24, 2.45) is 0 Å². The number of piperazine rings is 1. The largest absolute Gasteiger partial charge is 0.371 e. The minimum absolute atomic E-state index is 0.0257. The monoisotopic (exact) mass is 468 g/mol. The van der Waals surface area contributed by atoms with Crippen LogP contribution in [0.1, 0.15) is 17.4 Å². The smallest absolute Gasteiger partial charge is 0.240 e. The fraction of sp³-hybridized carbons (Fsp3) is 0.320. The summed E-state index contributed by atoms with van der Waals surface area (Å²) in [6.07, 6.45) is 3.62. The number of aromatic nitrogens is 5. The van der Waals surface area contributed by atoms with Gasteiger partial charge in [-0.25, -0.2) is 19.9 Å². The van der Waals surface area contributed by atoms with Crippen LogP contribution in [-0.2, 0) is 16.1 Å². The summed E-state index contributed by atoms with van der Waals surface area (Å²) in [6, 6.07) is 14.2. The number of benzene rings is 1. The number of carbonyl (C=O) groups is 1. The van der Waals surface area contributed by atoms with E-state index in [0.717, 1.165) is 41.3 Å². The van der Waals surface area contributed by atoms with Crippen molar-refractivity contribution >= 4 is 23.0 Å². The minimum atomic E-state index is -0.134. The molecule has 1 amide bonds. The Bertz CT molecular complexity index is 1400. The average Bonchev–Trinajstić information content (AvgIpc) is 3.48. The van der Waals surface area contributed by atoms with Gasteiger partial charge in [-0.1, -0.05) is 30.3 Å². The van der Waals surface area contributed by atoms with E-state index in [1.54, 1.807) is 0 Å². The van der Waals surface area contributed by atoms with E-state index in [1.807, 2.05) is 42.7 Å². The van der Waals surface area contributed by atoms with Gasteiger partial charge in [0.1, 0.15) is 24.0 Å². The molecule has 4 aromatic rings. The molecule has 1 unspecified atom stereocenters. The number of pyridine rings is 1. The maximum atomic E-state index is 12.1. The highest BCUT2D eigenvalue weighted by Crippen LogP contribution is 2.31. The highest BCUT2D eigenvalue weighted by molar-refractivity contribution is 5.84. The Labute approximate surface area is 201 Å². The van der Waals surface area contributed by atoms with Gasteiger partial charge in [-0.05, 0) is 17.7 Å². The van der Waals surface area contributed by atoms with Crippen molar-refractivity contribution in [3.63, 3.8) is 0 Å². The molecule has 0 radical (unpaired) electrons. The zero-order valence-electron chi connectivity index (χ0n) is 19.0. The fourth-order valence-corrected chi connectivity index (χ4v) is 5.22. The van der Waals surface area contributed by atoms with Gasteiger partial charge in [0.05, 0.1) is 25.0 Å². The molecule has 1 aromatic carbocycles. The van der Waals surface area contributed by atoms with Crippen LogP contribution < -0.4 is 10.2 Å². The molecule has 3 aliphatic rings. The van der Waals surface area contributed by atoms with E-state index in [4.69, 9.17) is 14.7 Å². The van der Waals surface area contributed by atoms with Crippen molar-refractivity contribution in [1.82, 2.24) is 34.7 Å². The number of nitrogens with one attached hydrogen (secondary N) is 1. The second-order valence-electron chi connectivity index (χ2n) is 9.12. The Balaban J connectivity index is 1.20. The quantitative estimate of drug-likeness (QED) is 0.484. The third-order valence-corrected chi connectivity index (χ3v) is 7.08. The Kier molecular flexibility index (Phi) is 4.74. The van der Waals surface area contributed by atoms with Crippen LogP contribution in [0, 0.1) is 0 Å². The SMILES string of the molecule is O=C1NCN2CCN(c3ncc(-c4ccc5nc6n(c5n4)[C@@H](c4ccccc4)COC6)cn3)CC12. The lowest BCUT2D eigenvalue weighted by molar-refractivity contribution is -0.121. The molecule has 3 aromatic heterocycles. The molecular weight excluding hydrogens is 444 g/mol. The van der Waals surface area contributed by atoms with Crippen LogP contribution in [0.4, 0.5) is 5.95 Å². The molecule has 6 heterocycles. The summed E-state index contributed by atoms with van der Waals surface area (Å²) < 4.78 is 8.04. The maximum Gasteiger partial charge on any atom is 0.240 e. The highest BCUT2D eigenvalue weighted by Gasteiger charge is 2.37. The number of carbonyl (C=O) groups excluding carboxylic acids is 1. The Morgan fingerprint density at radius 3 is 2.69 bits per heavy atom. The summed E-state index contributed by atoms with van der Waals surface area (Å²) in [6.45, 7) is 3.88. The van der Waals surface area contributed by atoms with Gasteiger partial charge in [-0.15, -0.1) is 0 Å². The van der Waals surface area contributed by atoms with E-state index in [2.05, 4.69) is 41.8 Å². The number of fused-ring (bicyclic) bond motifs is 4. The molecule has 3 aliphatic heterocycles. The molecule has 176 valence electrons. The third-order valence-electron chi connectivity index (χ3n) is 7.08. The predicted molar refractivity (Wildman–Crippen MR) is 129 cm³/mol. The van der Waals surface area contributed by atoms with Crippen molar-refractivity contribution < 1.29 is 9.53 Å². The summed E-state index contributed by atoms with van der Waals surface area (Å²) in [5.41, 5.74) is 4.49. The van der Waals surface area contributed by atoms with Gasteiger partial charge in [0.25, 0.3) is 0 Å². The van der Waals surface area contributed by atoms with Crippen molar-refractivity contribution in [3.8, 4) is 11.3 Å². The summed E-state index contributed by atoms with van der Waals surface area (Å²) in [4.78, 5) is 35.3. The number of amides is 1. The predicted octanol–water partition coefficient (Wildman–Crippen LogP) is 1.59. The van der Waals surface area contributed by atoms with Gasteiger partial charge in [-0.2, -0.15) is 0 Å². The molecule has 0 aliphatic carbocycles. The topological polar surface area (TPSA) is 101 Å². The van der Waals surface area contributed by atoms with Crippen molar-refractivity contribution in [3.05, 3.63) is 66.2 Å². The first kappa shape index (κ1) is 20.5. The molecule has 35 heavy (non-hydrogen) atoms. The van der Waals surface area contributed by atoms with Crippen molar-refractivity contribution in [1.29, 1.82) is 0 Å². The molecule has 0 spiro atoms. The standard InChI is InChI=1S/C25H24N8O2/c34-24-20-12-31(8-9-32(20)15-28-24)25-26-10-17(11-27-25)18-6-7-19-23(30-18)33-21(13-35-14-22(33)29-19)16-4-2-1-3-5-16/h1-7,10-11,20-21H,8-9,12-15H2,(H,28,34)/t20?,21-/m1/s1. The number of hydrogen-bond donors (Lipinski definition) is 1. The van der Waals surface area contributed by atoms with Gasteiger partial charge in [0.15, 0.2) is 5.65 Å². The lowest BCUT2D eigenvalue weighted by Gasteiger charge is -2.35. The Hall–Kier alpha value is -3.89. The summed E-state index contributed by atoms with van der Waals surface area (Å²) in [5.74, 6) is 1.59. The summed E-state index contributed by atoms with van der Waals surface area (Å²) in [5, 5.41) is 2.91. The first-order chi connectivity index (χ1) is 17.2. The fourth-order valence-electron chi connectivity index (χ4n) is 5.22. The van der Waals surface area contributed by atoms with Crippen LogP contribution >= 0.6 is 0 Å². The Morgan fingerprint density at radius 1 is 0.971 bits per heavy atom. The van der Waals surface area contributed by atoms with Gasteiger partial charge < -0.3 is 19.5 Å². The second-order valence-corrected chi connectivity index (χ2v) is 9.12. The van der Waals surface area contributed by atoms with Crippen LogP contribution in [0.3, 0.4) is 0 Å². The van der Waals surface area contributed by atoms with Crippen molar-refractivity contribution in [2.75, 3.05) is 37.8 Å². The number of ether oxygens (including phenoxy) is 1. The maximum absolute atomic E-state index is 12.1. The Morgan fingerprint density at radius 2 is 1.83 bits per heavy atom. The normalized spacial score (nSPS) is 22.2. The average molecular weight is 469 g/mol. The molecule has 0 bridgehead atoms. The van der Waals surface area contributed by atoms with E-state index in [0.29, 0.717) is 32.4 Å². The number of nitrogens with zero attached hydrogens (tertiary/aromatic N) is 7. The zero-order valence-corrected chi connectivity index (χ0v) is 19.0. The van der Waals surface area contributed by atoms with Crippen LogP contribution in [0.5, 0.6) is 0 Å². The molecule has 2 saturated heterocycles. The first-order valence-corrected chi connectivity index (χ1v) is 11.8. The van der Waals surface area contributed by atoms with Crippen LogP contribution in [0.2, 0.25) is 0 Å². The summed E-state index contributed by atoms with van der Waals surface area (Å²) >= 11 is 0. The van der Waals surface area contributed by atoms with Crippen LogP contribution in [-0.4, -0.2) is 74.3 Å². The number of hydrogen-bond acceptors (Lipinski definition) is 8. The lowest BCUT2D eigenvalue weighted by Crippen LogP contribution is -2.52. The van der Waals surface area contributed by atoms with Crippen molar-refractivity contribution in [2.45, 2.75) is 18.7 Å². The molecule has 10 heteroatoms. The zero-order chi connectivity index (χ0) is 23.4. The molecule has 7 rings (SSSR count). The molecule has 2 atom stereocenters. The van der Waals surface area contributed by atoms with E-state index < -0.39 is 0 Å². The van der Waals surface area contributed by atoms with E-state index in [9.17, 15) is 4.79 Å². The lowest BCUT2D eigenvalue weighted by atomic mass is 10.1. The molecule has 2 fully saturated rings. The minimum Gasteiger partial charge on any atom is -0.371 e. The molecule has 10 nitrogen and oxygen atoms in total. The van der Waals surface area contributed by atoms with Crippen LogP contribution in [0.25, 0.3) is 22.4 Å². The van der Waals surface area contributed by atoms with Crippen LogP contribution in [0.15, 0.2) is 54.9 Å². The number of imidazole rings is 1. The molecule has 0 saturated carbocycles. The summed E-state index contributed by atoms with van der Waals surface area (Å²) in [7, 11) is 0. The first-order valence-electron chi connectivity index (χ1n) is 11.8. The van der Waals surface area contributed by atoms with Gasteiger partial charge in [0, 0.05) is 37.6 Å².